The molecule has 2 aromatic rings. The van der Waals surface area contributed by atoms with Crippen molar-refractivity contribution in [2.24, 2.45) is 5.92 Å². The van der Waals surface area contributed by atoms with Crippen molar-refractivity contribution in [3.63, 3.8) is 0 Å². The van der Waals surface area contributed by atoms with Crippen molar-refractivity contribution in [3.8, 4) is 11.8 Å². The van der Waals surface area contributed by atoms with Crippen LogP contribution in [-0.4, -0.2) is 38.5 Å². The van der Waals surface area contributed by atoms with E-state index in [4.69, 9.17) is 5.73 Å². The van der Waals surface area contributed by atoms with Crippen LogP contribution >= 0.6 is 15.9 Å². The maximum absolute atomic E-state index is 11.6. The number of nitrogens with zero attached hydrogens (tertiary/aromatic N) is 4. The second kappa shape index (κ2) is 6.42. The minimum atomic E-state index is -0.00751. The van der Waals surface area contributed by atoms with Gasteiger partial charge in [0, 0.05) is 25.2 Å². The van der Waals surface area contributed by atoms with Crippen LogP contribution in [0.2, 0.25) is 0 Å². The van der Waals surface area contributed by atoms with Crippen LogP contribution in [0, 0.1) is 17.8 Å². The summed E-state index contributed by atoms with van der Waals surface area (Å²) < 4.78 is 2.48. The van der Waals surface area contributed by atoms with Gasteiger partial charge in [-0.3, -0.25) is 4.79 Å². The summed E-state index contributed by atoms with van der Waals surface area (Å²) in [5.74, 6) is 7.17. The van der Waals surface area contributed by atoms with E-state index in [1.165, 1.54) is 12.4 Å². The van der Waals surface area contributed by atoms with Crippen LogP contribution in [0.1, 0.15) is 18.4 Å². The molecule has 0 radical (unpaired) electrons. The maximum Gasteiger partial charge on any atom is 0.245 e. The Labute approximate surface area is 142 Å². The first-order valence-electron chi connectivity index (χ1n) is 7.30. The third-order valence-corrected chi connectivity index (χ3v) is 4.74. The summed E-state index contributed by atoms with van der Waals surface area (Å²) in [4.78, 5) is 17.4. The lowest BCUT2D eigenvalue weighted by Gasteiger charge is -2.28. The van der Waals surface area contributed by atoms with Crippen molar-refractivity contribution in [2.75, 3.05) is 18.8 Å². The third kappa shape index (κ3) is 3.08. The van der Waals surface area contributed by atoms with E-state index < -0.39 is 0 Å². The topological polar surface area (TPSA) is 76.5 Å². The first-order valence-corrected chi connectivity index (χ1v) is 8.09. The van der Waals surface area contributed by atoms with Gasteiger partial charge in [0.25, 0.3) is 0 Å². The van der Waals surface area contributed by atoms with Crippen LogP contribution in [0.4, 0.5) is 5.82 Å². The van der Waals surface area contributed by atoms with E-state index in [1.807, 2.05) is 11.1 Å². The van der Waals surface area contributed by atoms with Crippen LogP contribution in [0.3, 0.4) is 0 Å². The zero-order valence-electron chi connectivity index (χ0n) is 12.5. The molecule has 0 unspecified atom stereocenters. The highest BCUT2D eigenvalue weighted by Gasteiger charge is 2.20. The van der Waals surface area contributed by atoms with Gasteiger partial charge in [-0.15, -0.1) is 0 Å². The largest absolute Gasteiger partial charge is 0.382 e. The van der Waals surface area contributed by atoms with Crippen LogP contribution in [0.5, 0.6) is 0 Å². The highest BCUT2D eigenvalue weighted by atomic mass is 79.9. The normalized spacial score (nSPS) is 15.3. The van der Waals surface area contributed by atoms with E-state index in [0.29, 0.717) is 5.82 Å². The van der Waals surface area contributed by atoms with Gasteiger partial charge in [-0.05, 0) is 34.8 Å². The summed E-state index contributed by atoms with van der Waals surface area (Å²) in [6.07, 6.45) is 6.36. The van der Waals surface area contributed by atoms with Crippen LogP contribution < -0.4 is 5.73 Å². The monoisotopic (exact) mass is 373 g/mol. The van der Waals surface area contributed by atoms with Gasteiger partial charge < -0.3 is 10.6 Å². The molecule has 0 saturated carbocycles. The van der Waals surface area contributed by atoms with Gasteiger partial charge in [-0.1, -0.05) is 18.4 Å². The lowest BCUT2D eigenvalue weighted by atomic mass is 9.97. The molecule has 2 N–H and O–H groups in total. The predicted octanol–water partition coefficient (Wildman–Crippen LogP) is 1.85. The zero-order valence-corrected chi connectivity index (χ0v) is 14.1. The fourth-order valence-electron chi connectivity index (χ4n) is 2.64. The van der Waals surface area contributed by atoms with E-state index in [0.717, 1.165) is 41.5 Å². The highest BCUT2D eigenvalue weighted by molar-refractivity contribution is 9.10. The summed E-state index contributed by atoms with van der Waals surface area (Å²) in [6.45, 7) is 4.97. The smallest absolute Gasteiger partial charge is 0.245 e. The molecule has 0 aliphatic carbocycles. The second-order valence-electron chi connectivity index (χ2n) is 5.37. The lowest BCUT2D eigenvalue weighted by molar-refractivity contribution is -0.127. The van der Waals surface area contributed by atoms with E-state index >= 15 is 0 Å². The molecule has 0 bridgehead atoms. The van der Waals surface area contributed by atoms with Crippen molar-refractivity contribution in [1.29, 1.82) is 0 Å². The molecular weight excluding hydrogens is 358 g/mol. The number of carbonyl (C=O) groups excluding carboxylic acids is 1. The number of anilines is 1. The summed E-state index contributed by atoms with van der Waals surface area (Å²) >= 11 is 3.52. The van der Waals surface area contributed by atoms with Crippen molar-refractivity contribution in [2.45, 2.75) is 12.8 Å². The Balaban J connectivity index is 1.76. The molecule has 6 nitrogen and oxygen atoms in total. The molecule has 0 spiro atoms. The van der Waals surface area contributed by atoms with E-state index in [-0.39, 0.29) is 11.8 Å². The van der Waals surface area contributed by atoms with Crippen molar-refractivity contribution in [1.82, 2.24) is 19.5 Å². The summed E-state index contributed by atoms with van der Waals surface area (Å²) in [7, 11) is 0. The third-order valence-electron chi connectivity index (χ3n) is 3.93. The second-order valence-corrected chi connectivity index (χ2v) is 6.16. The van der Waals surface area contributed by atoms with Crippen molar-refractivity contribution in [3.05, 3.63) is 35.2 Å². The molecule has 3 heterocycles. The number of hydrogen-bond acceptors (Lipinski definition) is 4. The summed E-state index contributed by atoms with van der Waals surface area (Å²) in [6, 6.07) is 0. The minimum Gasteiger partial charge on any atom is -0.382 e. The molecule has 1 fully saturated rings. The molecular formula is C16H16BrN5O. The fourth-order valence-corrected chi connectivity index (χ4v) is 3.22. The number of piperidine rings is 1. The Morgan fingerprint density at radius 3 is 2.87 bits per heavy atom. The van der Waals surface area contributed by atoms with E-state index in [1.54, 1.807) is 4.52 Å². The first-order chi connectivity index (χ1) is 11.1. The molecule has 1 amide bonds. The SMILES string of the molecule is C=CC(=O)N1CCC(C#Cc2cn3ncnc(N)c3c2Br)CC1. The van der Waals surface area contributed by atoms with Crippen molar-refractivity contribution >= 4 is 33.2 Å². The van der Waals surface area contributed by atoms with Gasteiger partial charge in [0.15, 0.2) is 5.82 Å². The Hall–Kier alpha value is -2.33. The Bertz CT molecular complexity index is 824. The van der Waals surface area contributed by atoms with Gasteiger partial charge in [0.1, 0.15) is 11.8 Å². The number of aromatic nitrogens is 3. The average molecular weight is 374 g/mol. The average Bonchev–Trinajstić information content (AvgIpc) is 2.90. The Morgan fingerprint density at radius 2 is 2.22 bits per heavy atom. The fraction of sp³-hybridized carbons (Fsp3) is 0.312. The van der Waals surface area contributed by atoms with Gasteiger partial charge in [0.2, 0.25) is 5.91 Å². The van der Waals surface area contributed by atoms with Crippen LogP contribution in [-0.2, 0) is 4.79 Å². The van der Waals surface area contributed by atoms with Gasteiger partial charge in [-0.25, -0.2) is 9.50 Å². The number of amides is 1. The zero-order chi connectivity index (χ0) is 16.4. The molecule has 1 aliphatic rings. The predicted molar refractivity (Wildman–Crippen MR) is 91.5 cm³/mol. The van der Waals surface area contributed by atoms with E-state index in [9.17, 15) is 4.79 Å². The molecule has 118 valence electrons. The number of hydrogen-bond donors (Lipinski definition) is 1. The number of fused-ring (bicyclic) bond motifs is 1. The molecule has 1 aliphatic heterocycles. The standard InChI is InChI=1S/C16H16BrN5O/c1-2-13(23)21-7-5-11(6-8-21)3-4-12-9-22-15(14(12)17)16(18)19-10-20-22/h2,9-11H,1,5-8H2,(H2,18,19,20). The molecule has 0 aromatic carbocycles. The van der Waals surface area contributed by atoms with Gasteiger partial charge in [0.05, 0.1) is 10.0 Å². The molecule has 7 heteroatoms. The molecule has 2 aromatic heterocycles. The van der Waals surface area contributed by atoms with Gasteiger partial charge >= 0.3 is 0 Å². The first kappa shape index (κ1) is 15.6. The molecule has 3 rings (SSSR count). The molecule has 23 heavy (non-hydrogen) atoms. The number of nitrogen functional groups attached to an aromatic ring is 1. The Morgan fingerprint density at radius 1 is 1.48 bits per heavy atom. The van der Waals surface area contributed by atoms with Crippen LogP contribution in [0.15, 0.2) is 29.7 Å². The van der Waals surface area contributed by atoms with Crippen molar-refractivity contribution < 1.29 is 4.79 Å². The highest BCUT2D eigenvalue weighted by Crippen LogP contribution is 2.27. The summed E-state index contributed by atoms with van der Waals surface area (Å²) in [5.41, 5.74) is 7.43. The number of rotatable bonds is 1. The molecule has 0 atom stereocenters. The van der Waals surface area contributed by atoms with Crippen LogP contribution in [0.25, 0.3) is 5.52 Å². The Kier molecular flexibility index (Phi) is 4.35. The minimum absolute atomic E-state index is 0.00751. The molecule has 1 saturated heterocycles. The lowest BCUT2D eigenvalue weighted by Crippen LogP contribution is -2.37. The quantitative estimate of drug-likeness (QED) is 0.611. The van der Waals surface area contributed by atoms with Gasteiger partial charge in [-0.2, -0.15) is 5.10 Å². The number of halogens is 1. The van der Waals surface area contributed by atoms with E-state index in [2.05, 4.69) is 44.4 Å². The number of nitrogens with two attached hydrogens (primary N) is 1. The maximum atomic E-state index is 11.6. The number of carbonyl (C=O) groups is 1. The summed E-state index contributed by atoms with van der Waals surface area (Å²) in [5, 5.41) is 4.13. The number of likely N-dealkylation sites (tertiary alicyclic amines) is 1.